The Morgan fingerprint density at radius 3 is 2.73 bits per heavy atom. The second-order valence-corrected chi connectivity index (χ2v) is 5.18. The molecule has 0 amide bonds. The minimum Gasteiger partial charge on any atom is -0.394 e. The summed E-state index contributed by atoms with van der Waals surface area (Å²) in [6.07, 6.45) is -0.175. The Labute approximate surface area is 132 Å². The Balaban J connectivity index is 2.32. The van der Waals surface area contributed by atoms with Gasteiger partial charge in [0.1, 0.15) is 11.6 Å². The summed E-state index contributed by atoms with van der Waals surface area (Å²) >= 11 is 5.79. The van der Waals surface area contributed by atoms with Crippen LogP contribution in [0.4, 0.5) is 10.2 Å². The third kappa shape index (κ3) is 4.13. The van der Waals surface area contributed by atoms with Crippen LogP contribution in [0.2, 0.25) is 5.02 Å². The summed E-state index contributed by atoms with van der Waals surface area (Å²) in [5.41, 5.74) is 1.40. The molecule has 0 bridgehead atoms. The van der Waals surface area contributed by atoms with Gasteiger partial charge in [0.05, 0.1) is 17.7 Å². The van der Waals surface area contributed by atoms with Crippen LogP contribution in [-0.2, 0) is 6.42 Å². The molecule has 1 aromatic heterocycles. The van der Waals surface area contributed by atoms with E-state index in [9.17, 15) is 9.50 Å². The molecule has 0 saturated heterocycles. The summed E-state index contributed by atoms with van der Waals surface area (Å²) in [6, 6.07) is 6.06. The molecule has 3 N–H and O–H groups in total. The fourth-order valence-electron chi connectivity index (χ4n) is 1.82. The van der Waals surface area contributed by atoms with E-state index in [0.717, 1.165) is 5.69 Å². The molecule has 1 aromatic carbocycles. The molecule has 0 aliphatic carbocycles. The van der Waals surface area contributed by atoms with Gasteiger partial charge in [0, 0.05) is 23.9 Å². The van der Waals surface area contributed by atoms with Crippen molar-refractivity contribution in [1.29, 1.82) is 0 Å². The Morgan fingerprint density at radius 2 is 2.09 bits per heavy atom. The maximum atomic E-state index is 13.3. The zero-order valence-corrected chi connectivity index (χ0v) is 12.8. The summed E-state index contributed by atoms with van der Waals surface area (Å²) in [5.74, 6) is 0.443. The van der Waals surface area contributed by atoms with Gasteiger partial charge >= 0.3 is 0 Å². The first-order valence-electron chi connectivity index (χ1n) is 6.89. The first kappa shape index (κ1) is 16.6. The zero-order valence-electron chi connectivity index (χ0n) is 12.1. The van der Waals surface area contributed by atoms with Gasteiger partial charge in [-0.15, -0.1) is 0 Å². The van der Waals surface area contributed by atoms with Gasteiger partial charge in [-0.1, -0.05) is 18.5 Å². The van der Waals surface area contributed by atoms with Crippen molar-refractivity contribution in [2.45, 2.75) is 19.4 Å². The van der Waals surface area contributed by atoms with Crippen LogP contribution in [0.3, 0.4) is 0 Å². The smallest absolute Gasteiger partial charge is 0.161 e. The van der Waals surface area contributed by atoms with E-state index in [2.05, 4.69) is 15.3 Å². The van der Waals surface area contributed by atoms with Gasteiger partial charge < -0.3 is 15.5 Å². The molecule has 2 aromatic rings. The van der Waals surface area contributed by atoms with Crippen molar-refractivity contribution in [3.05, 3.63) is 40.8 Å². The van der Waals surface area contributed by atoms with Crippen LogP contribution in [-0.4, -0.2) is 39.4 Å². The number of aromatic nitrogens is 2. The highest BCUT2D eigenvalue weighted by atomic mass is 35.5. The third-order valence-electron chi connectivity index (χ3n) is 3.05. The summed E-state index contributed by atoms with van der Waals surface area (Å²) < 4.78 is 13.3. The molecule has 0 fully saturated rings. The number of hydrogen-bond acceptors (Lipinski definition) is 5. The average Bonchev–Trinajstić information content (AvgIpc) is 2.54. The van der Waals surface area contributed by atoms with E-state index < -0.39 is 11.9 Å². The molecular weight excluding hydrogens is 309 g/mol. The molecule has 0 spiro atoms. The first-order chi connectivity index (χ1) is 10.5. The number of halogens is 2. The first-order valence-corrected chi connectivity index (χ1v) is 7.27. The summed E-state index contributed by atoms with van der Waals surface area (Å²) in [6.45, 7) is 1.79. The van der Waals surface area contributed by atoms with Crippen molar-refractivity contribution in [3.63, 3.8) is 0 Å². The lowest BCUT2D eigenvalue weighted by Gasteiger charge is -2.12. The predicted molar refractivity (Wildman–Crippen MR) is 83.4 cm³/mol. The van der Waals surface area contributed by atoms with E-state index in [1.165, 1.54) is 12.1 Å². The minimum atomic E-state index is -0.872. The van der Waals surface area contributed by atoms with Gasteiger partial charge in [-0.2, -0.15) is 0 Å². The van der Waals surface area contributed by atoms with E-state index in [1.807, 2.05) is 6.92 Å². The predicted octanol–water partition coefficient (Wildman–Crippen LogP) is 2.26. The molecule has 1 atom stereocenters. The van der Waals surface area contributed by atoms with E-state index in [-0.39, 0.29) is 18.2 Å². The fourth-order valence-corrected chi connectivity index (χ4v) is 2.00. The van der Waals surface area contributed by atoms with Crippen LogP contribution in [0.1, 0.15) is 12.6 Å². The van der Waals surface area contributed by atoms with Crippen molar-refractivity contribution in [2.75, 3.05) is 18.5 Å². The highest BCUT2D eigenvalue weighted by molar-refractivity contribution is 6.31. The lowest BCUT2D eigenvalue weighted by atomic mass is 10.2. The van der Waals surface area contributed by atoms with E-state index >= 15 is 0 Å². The largest absolute Gasteiger partial charge is 0.394 e. The number of benzene rings is 1. The molecule has 0 aliphatic rings. The van der Waals surface area contributed by atoms with Gasteiger partial charge in [-0.25, -0.2) is 14.4 Å². The quantitative estimate of drug-likeness (QED) is 0.759. The van der Waals surface area contributed by atoms with Gasteiger partial charge in [0.25, 0.3) is 0 Å². The maximum absolute atomic E-state index is 13.3. The number of hydrogen-bond donors (Lipinski definition) is 3. The Morgan fingerprint density at radius 1 is 1.32 bits per heavy atom. The Bertz CT molecular complexity index is 655. The summed E-state index contributed by atoms with van der Waals surface area (Å²) in [7, 11) is 0. The molecule has 2 rings (SSSR count). The topological polar surface area (TPSA) is 78.3 Å². The number of aryl methyl sites for hydroxylation is 1. The van der Waals surface area contributed by atoms with Crippen molar-refractivity contribution >= 4 is 17.4 Å². The number of rotatable bonds is 6. The number of aliphatic hydroxyl groups is 2. The second-order valence-electron chi connectivity index (χ2n) is 4.77. The highest BCUT2D eigenvalue weighted by Gasteiger charge is 2.10. The third-order valence-corrected chi connectivity index (χ3v) is 3.34. The van der Waals surface area contributed by atoms with Crippen LogP contribution in [0.25, 0.3) is 11.4 Å². The minimum absolute atomic E-state index is 0.00761. The molecule has 0 aliphatic heterocycles. The molecule has 5 nitrogen and oxygen atoms in total. The van der Waals surface area contributed by atoms with E-state index in [0.29, 0.717) is 23.6 Å². The molecule has 0 saturated carbocycles. The van der Waals surface area contributed by atoms with Crippen molar-refractivity contribution in [3.8, 4) is 11.4 Å². The second kappa shape index (κ2) is 7.49. The lowest BCUT2D eigenvalue weighted by Crippen LogP contribution is -2.23. The Kier molecular flexibility index (Phi) is 5.65. The van der Waals surface area contributed by atoms with Crippen molar-refractivity contribution < 1.29 is 14.6 Å². The van der Waals surface area contributed by atoms with Crippen molar-refractivity contribution in [1.82, 2.24) is 9.97 Å². The lowest BCUT2D eigenvalue weighted by molar-refractivity contribution is 0.105. The van der Waals surface area contributed by atoms with Gasteiger partial charge in [0.2, 0.25) is 0 Å². The molecule has 22 heavy (non-hydrogen) atoms. The summed E-state index contributed by atoms with van der Waals surface area (Å²) in [5, 5.41) is 21.2. The SMILES string of the molecule is CCc1cc(NCC(O)CO)nc(-c2ccc(F)c(Cl)c2)n1. The van der Waals surface area contributed by atoms with E-state index in [1.54, 1.807) is 12.1 Å². The van der Waals surface area contributed by atoms with Crippen LogP contribution >= 0.6 is 11.6 Å². The Hall–Kier alpha value is -1.76. The zero-order chi connectivity index (χ0) is 16.1. The molecule has 1 heterocycles. The van der Waals surface area contributed by atoms with E-state index in [4.69, 9.17) is 16.7 Å². The number of nitrogens with zero attached hydrogens (tertiary/aromatic N) is 2. The molecular formula is C15H17ClFN3O2. The molecule has 118 valence electrons. The standard InChI is InChI=1S/C15H17ClFN3O2/c1-2-10-6-14(18-7-11(22)8-21)20-15(19-10)9-3-4-13(17)12(16)5-9/h3-6,11,21-22H,2,7-8H2,1H3,(H,18,19,20). The molecule has 7 heteroatoms. The van der Waals surface area contributed by atoms with Crippen molar-refractivity contribution in [2.24, 2.45) is 0 Å². The van der Waals surface area contributed by atoms with Gasteiger partial charge in [0.15, 0.2) is 5.82 Å². The number of nitrogens with one attached hydrogen (secondary N) is 1. The van der Waals surface area contributed by atoms with Crippen LogP contribution in [0.5, 0.6) is 0 Å². The molecule has 0 radical (unpaired) electrons. The van der Waals surface area contributed by atoms with Gasteiger partial charge in [-0.3, -0.25) is 0 Å². The van der Waals surface area contributed by atoms with Crippen LogP contribution in [0, 0.1) is 5.82 Å². The normalized spacial score (nSPS) is 12.2. The monoisotopic (exact) mass is 325 g/mol. The fraction of sp³-hybridized carbons (Fsp3) is 0.333. The number of anilines is 1. The summed E-state index contributed by atoms with van der Waals surface area (Å²) in [4.78, 5) is 8.73. The van der Waals surface area contributed by atoms with Crippen LogP contribution < -0.4 is 5.32 Å². The van der Waals surface area contributed by atoms with Crippen LogP contribution in [0.15, 0.2) is 24.3 Å². The average molecular weight is 326 g/mol. The van der Waals surface area contributed by atoms with Gasteiger partial charge in [-0.05, 0) is 24.6 Å². The highest BCUT2D eigenvalue weighted by Crippen LogP contribution is 2.24. The number of aliphatic hydroxyl groups excluding tert-OH is 2. The molecule has 1 unspecified atom stereocenters. The maximum Gasteiger partial charge on any atom is 0.161 e.